The lowest BCUT2D eigenvalue weighted by atomic mass is 10.1. The number of benzene rings is 1. The minimum Gasteiger partial charge on any atom is -0.385 e. The third-order valence-corrected chi connectivity index (χ3v) is 4.56. The smallest absolute Gasteiger partial charge is 0.191 e. The second-order valence-corrected chi connectivity index (χ2v) is 6.50. The Kier molecular flexibility index (Phi) is 9.26. The van der Waals surface area contributed by atoms with E-state index in [2.05, 4.69) is 31.9 Å². The maximum absolute atomic E-state index is 5.12. The molecular formula is C20H28IN7O. The van der Waals surface area contributed by atoms with E-state index in [1.165, 1.54) is 0 Å². The highest BCUT2D eigenvalue weighted by molar-refractivity contribution is 14.0. The molecule has 0 radical (unpaired) electrons. The summed E-state index contributed by atoms with van der Waals surface area (Å²) in [6.07, 6.45) is 2.73. The van der Waals surface area contributed by atoms with Gasteiger partial charge in [0.15, 0.2) is 11.8 Å². The molecule has 0 atom stereocenters. The summed E-state index contributed by atoms with van der Waals surface area (Å²) in [4.78, 5) is 9.18. The Hall–Kier alpha value is -2.27. The second kappa shape index (κ2) is 11.7. The number of methoxy groups -OCH3 is 1. The fourth-order valence-electron chi connectivity index (χ4n) is 2.82. The number of hydrogen-bond acceptors (Lipinski definition) is 5. The number of hydrogen-bond donors (Lipinski definition) is 2. The van der Waals surface area contributed by atoms with Gasteiger partial charge in [-0.3, -0.25) is 4.98 Å². The molecule has 0 aliphatic heterocycles. The summed E-state index contributed by atoms with van der Waals surface area (Å²) in [6.45, 7) is 4.51. The summed E-state index contributed by atoms with van der Waals surface area (Å²) in [6, 6.07) is 10.1. The van der Waals surface area contributed by atoms with Crippen molar-refractivity contribution in [3.05, 3.63) is 53.7 Å². The van der Waals surface area contributed by atoms with Gasteiger partial charge in [0.25, 0.3) is 0 Å². The minimum atomic E-state index is 0. The highest BCUT2D eigenvalue weighted by Gasteiger charge is 2.07. The van der Waals surface area contributed by atoms with Gasteiger partial charge in [-0.1, -0.05) is 18.2 Å². The molecule has 0 spiro atoms. The van der Waals surface area contributed by atoms with Gasteiger partial charge in [0.2, 0.25) is 0 Å². The van der Waals surface area contributed by atoms with Crippen LogP contribution in [0.25, 0.3) is 10.9 Å². The number of rotatable bonds is 8. The first-order valence-electron chi connectivity index (χ1n) is 9.37. The molecule has 0 aliphatic carbocycles. The average Bonchev–Trinajstić information content (AvgIpc) is 3.04. The number of aromatic nitrogens is 4. The average molecular weight is 509 g/mol. The third kappa shape index (κ3) is 6.36. The molecule has 2 heterocycles. The van der Waals surface area contributed by atoms with Crippen LogP contribution in [0.1, 0.15) is 23.6 Å². The van der Waals surface area contributed by atoms with Crippen LogP contribution in [-0.2, 0) is 24.9 Å². The van der Waals surface area contributed by atoms with E-state index in [1.807, 2.05) is 49.0 Å². The van der Waals surface area contributed by atoms with E-state index in [0.29, 0.717) is 19.7 Å². The van der Waals surface area contributed by atoms with Gasteiger partial charge >= 0.3 is 0 Å². The molecule has 0 bridgehead atoms. The van der Waals surface area contributed by atoms with E-state index in [0.717, 1.165) is 47.0 Å². The molecule has 8 nitrogen and oxygen atoms in total. The first-order chi connectivity index (χ1) is 13.7. The lowest BCUT2D eigenvalue weighted by Gasteiger charge is -2.13. The van der Waals surface area contributed by atoms with Crippen molar-refractivity contribution in [3.8, 4) is 0 Å². The quantitative estimate of drug-likeness (QED) is 0.210. The van der Waals surface area contributed by atoms with Crippen LogP contribution in [0.3, 0.4) is 0 Å². The number of ether oxygens (including phenoxy) is 1. The van der Waals surface area contributed by atoms with E-state index in [-0.39, 0.29) is 24.0 Å². The Labute approximate surface area is 188 Å². The molecule has 2 N–H and O–H groups in total. The van der Waals surface area contributed by atoms with Crippen LogP contribution < -0.4 is 10.6 Å². The van der Waals surface area contributed by atoms with Gasteiger partial charge < -0.3 is 19.9 Å². The molecule has 0 unspecified atom stereocenters. The zero-order valence-electron chi connectivity index (χ0n) is 17.1. The van der Waals surface area contributed by atoms with Crippen LogP contribution in [0.2, 0.25) is 0 Å². The van der Waals surface area contributed by atoms with Crippen LogP contribution in [0, 0.1) is 6.92 Å². The zero-order valence-corrected chi connectivity index (χ0v) is 19.4. The first kappa shape index (κ1) is 23.0. The minimum absolute atomic E-state index is 0. The standard InChI is InChI=1S/C20H27N7O.HI/c1-15-25-26-19(27(15)2)14-24-20(22-10-6-12-28-3)23-13-16-9-11-21-18-8-5-4-7-17(16)18;/h4-5,7-9,11H,6,10,12-14H2,1-3H3,(H2,22,23,24);1H. The van der Waals surface area contributed by atoms with E-state index in [9.17, 15) is 0 Å². The van der Waals surface area contributed by atoms with Crippen LogP contribution in [0.4, 0.5) is 0 Å². The summed E-state index contributed by atoms with van der Waals surface area (Å²) in [5.41, 5.74) is 2.12. The van der Waals surface area contributed by atoms with Crippen molar-refractivity contribution in [2.24, 2.45) is 12.0 Å². The lowest BCUT2D eigenvalue weighted by molar-refractivity contribution is 0.195. The fourth-order valence-corrected chi connectivity index (χ4v) is 2.82. The molecule has 0 saturated heterocycles. The summed E-state index contributed by atoms with van der Waals surface area (Å²) in [5.74, 6) is 2.47. The van der Waals surface area contributed by atoms with Gasteiger partial charge in [0.05, 0.1) is 18.6 Å². The maximum atomic E-state index is 5.12. The predicted molar refractivity (Wildman–Crippen MR) is 125 cm³/mol. The van der Waals surface area contributed by atoms with Crippen molar-refractivity contribution in [1.29, 1.82) is 0 Å². The number of nitrogens with one attached hydrogen (secondary N) is 2. The Morgan fingerprint density at radius 2 is 2.00 bits per heavy atom. The van der Waals surface area contributed by atoms with E-state index < -0.39 is 0 Å². The summed E-state index contributed by atoms with van der Waals surface area (Å²) in [7, 11) is 3.66. The molecule has 3 rings (SSSR count). The van der Waals surface area contributed by atoms with Crippen molar-refractivity contribution >= 4 is 40.8 Å². The molecule has 29 heavy (non-hydrogen) atoms. The van der Waals surface area contributed by atoms with Gasteiger partial charge in [-0.05, 0) is 31.0 Å². The second-order valence-electron chi connectivity index (χ2n) is 6.50. The third-order valence-electron chi connectivity index (χ3n) is 4.56. The van der Waals surface area contributed by atoms with Gasteiger partial charge in [-0.15, -0.1) is 34.2 Å². The number of para-hydroxylation sites is 1. The number of nitrogens with zero attached hydrogens (tertiary/aromatic N) is 5. The number of aliphatic imine (C=N–C) groups is 1. The first-order valence-corrected chi connectivity index (χ1v) is 9.37. The number of fused-ring (bicyclic) bond motifs is 1. The van der Waals surface area contributed by atoms with Crippen LogP contribution in [-0.4, -0.2) is 46.0 Å². The monoisotopic (exact) mass is 509 g/mol. The molecule has 1 aromatic carbocycles. The van der Waals surface area contributed by atoms with E-state index in [4.69, 9.17) is 9.73 Å². The van der Waals surface area contributed by atoms with Crippen molar-refractivity contribution in [1.82, 2.24) is 30.4 Å². The Morgan fingerprint density at radius 1 is 1.17 bits per heavy atom. The fraction of sp³-hybridized carbons (Fsp3) is 0.400. The highest BCUT2D eigenvalue weighted by Crippen LogP contribution is 2.16. The Balaban J connectivity index is 0.00000300. The summed E-state index contributed by atoms with van der Waals surface area (Å²) in [5, 5.41) is 16.1. The van der Waals surface area contributed by atoms with E-state index in [1.54, 1.807) is 7.11 Å². The summed E-state index contributed by atoms with van der Waals surface area (Å²) < 4.78 is 7.08. The number of guanidine groups is 1. The largest absolute Gasteiger partial charge is 0.385 e. The molecule has 0 saturated carbocycles. The molecule has 3 aromatic rings. The molecule has 0 amide bonds. The van der Waals surface area contributed by atoms with Crippen molar-refractivity contribution in [2.75, 3.05) is 20.3 Å². The van der Waals surface area contributed by atoms with Crippen LogP contribution in [0.15, 0.2) is 41.5 Å². The number of aryl methyl sites for hydroxylation is 1. The van der Waals surface area contributed by atoms with Gasteiger partial charge in [-0.25, -0.2) is 4.99 Å². The molecule has 9 heteroatoms. The van der Waals surface area contributed by atoms with Gasteiger partial charge in [-0.2, -0.15) is 0 Å². The SMILES string of the molecule is COCCCNC(=NCc1ccnc2ccccc12)NCc1nnc(C)n1C.I. The zero-order chi connectivity index (χ0) is 19.8. The molecule has 0 aliphatic rings. The van der Waals surface area contributed by atoms with E-state index >= 15 is 0 Å². The van der Waals surface area contributed by atoms with Crippen molar-refractivity contribution in [2.45, 2.75) is 26.4 Å². The molecule has 2 aromatic heterocycles. The topological polar surface area (TPSA) is 89.2 Å². The molecule has 0 fully saturated rings. The van der Waals surface area contributed by atoms with Crippen molar-refractivity contribution < 1.29 is 4.74 Å². The molecular weight excluding hydrogens is 481 g/mol. The Morgan fingerprint density at radius 3 is 2.76 bits per heavy atom. The number of pyridine rings is 1. The highest BCUT2D eigenvalue weighted by atomic mass is 127. The molecule has 156 valence electrons. The van der Waals surface area contributed by atoms with Crippen molar-refractivity contribution in [3.63, 3.8) is 0 Å². The maximum Gasteiger partial charge on any atom is 0.191 e. The number of halogens is 1. The predicted octanol–water partition coefficient (Wildman–Crippen LogP) is 2.56. The lowest BCUT2D eigenvalue weighted by Crippen LogP contribution is -2.38. The normalized spacial score (nSPS) is 11.3. The summed E-state index contributed by atoms with van der Waals surface area (Å²) >= 11 is 0. The van der Waals surface area contributed by atoms with Crippen LogP contribution >= 0.6 is 24.0 Å². The van der Waals surface area contributed by atoms with Crippen LogP contribution in [0.5, 0.6) is 0 Å². The van der Waals surface area contributed by atoms with Gasteiger partial charge in [0, 0.05) is 38.9 Å². The van der Waals surface area contributed by atoms with Gasteiger partial charge in [0.1, 0.15) is 5.82 Å². The Bertz CT molecular complexity index is 936.